The molecule has 1 saturated heterocycles. The quantitative estimate of drug-likeness (QED) is 0.522. The number of halogens is 1. The molecule has 0 bridgehead atoms. The lowest BCUT2D eigenvalue weighted by molar-refractivity contribution is 0.263. The van der Waals surface area contributed by atoms with Gasteiger partial charge in [0.25, 0.3) is 5.56 Å². The highest BCUT2D eigenvalue weighted by Crippen LogP contribution is 2.30. The molecule has 3 heterocycles. The summed E-state index contributed by atoms with van der Waals surface area (Å²) in [6.07, 6.45) is 2.14. The van der Waals surface area contributed by atoms with Crippen molar-refractivity contribution < 1.29 is 4.39 Å². The maximum Gasteiger partial charge on any atom is 0.253 e. The van der Waals surface area contributed by atoms with Crippen LogP contribution in [0.4, 0.5) is 4.39 Å². The zero-order valence-corrected chi connectivity index (χ0v) is 18.2. The number of aryl methyl sites for hydroxylation is 2. The van der Waals surface area contributed by atoms with E-state index in [2.05, 4.69) is 31.5 Å². The van der Waals surface area contributed by atoms with Gasteiger partial charge in [-0.25, -0.2) is 9.07 Å². The van der Waals surface area contributed by atoms with Gasteiger partial charge in [-0.05, 0) is 90.5 Å². The first-order chi connectivity index (χ1) is 15.5. The number of tetrazole rings is 1. The summed E-state index contributed by atoms with van der Waals surface area (Å²) >= 11 is 0. The van der Waals surface area contributed by atoms with Crippen molar-refractivity contribution in [3.8, 4) is 0 Å². The first-order valence-corrected chi connectivity index (χ1v) is 10.9. The van der Waals surface area contributed by atoms with Crippen molar-refractivity contribution in [3.63, 3.8) is 0 Å². The van der Waals surface area contributed by atoms with Gasteiger partial charge in [0, 0.05) is 5.56 Å². The van der Waals surface area contributed by atoms with Gasteiger partial charge in [0.1, 0.15) is 11.9 Å². The molecule has 1 fully saturated rings. The molecule has 0 radical (unpaired) electrons. The fourth-order valence-corrected chi connectivity index (χ4v) is 4.53. The van der Waals surface area contributed by atoms with Gasteiger partial charge in [0.2, 0.25) is 0 Å². The Kier molecular flexibility index (Phi) is 5.30. The van der Waals surface area contributed by atoms with Crippen LogP contribution in [0.2, 0.25) is 0 Å². The predicted molar refractivity (Wildman–Crippen MR) is 120 cm³/mol. The second-order valence-corrected chi connectivity index (χ2v) is 8.49. The van der Waals surface area contributed by atoms with Gasteiger partial charge in [0.15, 0.2) is 5.82 Å². The summed E-state index contributed by atoms with van der Waals surface area (Å²) in [7, 11) is 0. The highest BCUT2D eigenvalue weighted by Gasteiger charge is 2.32. The molecule has 1 N–H and O–H groups in total. The second kappa shape index (κ2) is 8.27. The van der Waals surface area contributed by atoms with Crippen LogP contribution in [-0.4, -0.2) is 43.2 Å². The number of pyridine rings is 1. The topological polar surface area (TPSA) is 79.7 Å². The highest BCUT2D eigenvalue weighted by atomic mass is 19.1. The molecule has 0 amide bonds. The minimum Gasteiger partial charge on any atom is -0.321 e. The molecule has 1 aliphatic heterocycles. The van der Waals surface area contributed by atoms with Gasteiger partial charge >= 0.3 is 0 Å². The van der Waals surface area contributed by atoms with Crippen molar-refractivity contribution in [3.05, 3.63) is 86.7 Å². The van der Waals surface area contributed by atoms with Crippen LogP contribution < -0.4 is 5.56 Å². The van der Waals surface area contributed by atoms with E-state index in [-0.39, 0.29) is 17.4 Å². The molecule has 1 unspecified atom stereocenters. The first-order valence-electron chi connectivity index (χ1n) is 10.9. The molecule has 0 saturated carbocycles. The number of nitrogens with zero attached hydrogens (tertiary/aromatic N) is 5. The Morgan fingerprint density at radius 3 is 2.59 bits per heavy atom. The van der Waals surface area contributed by atoms with Gasteiger partial charge < -0.3 is 4.98 Å². The van der Waals surface area contributed by atoms with E-state index in [4.69, 9.17) is 0 Å². The van der Waals surface area contributed by atoms with E-state index >= 15 is 0 Å². The van der Waals surface area contributed by atoms with E-state index in [1.807, 2.05) is 26.0 Å². The molecule has 1 atom stereocenters. The third-order valence-electron chi connectivity index (χ3n) is 6.43. The average molecular weight is 433 g/mol. The van der Waals surface area contributed by atoms with E-state index < -0.39 is 0 Å². The van der Waals surface area contributed by atoms with Crippen molar-refractivity contribution in [2.75, 3.05) is 13.1 Å². The largest absolute Gasteiger partial charge is 0.321 e. The maximum absolute atomic E-state index is 13.3. The molecule has 0 aliphatic carbocycles. The van der Waals surface area contributed by atoms with Gasteiger partial charge in [-0.1, -0.05) is 24.3 Å². The number of aromatic nitrogens is 5. The molecule has 7 nitrogen and oxygen atoms in total. The van der Waals surface area contributed by atoms with Crippen LogP contribution in [0.25, 0.3) is 10.9 Å². The highest BCUT2D eigenvalue weighted by molar-refractivity contribution is 5.83. The number of likely N-dealkylation sites (tertiary alicyclic amines) is 1. The van der Waals surface area contributed by atoms with Gasteiger partial charge in [-0.3, -0.25) is 9.69 Å². The minimum absolute atomic E-state index is 0.126. The van der Waals surface area contributed by atoms with E-state index in [0.717, 1.165) is 53.5 Å². The minimum atomic E-state index is -0.359. The maximum atomic E-state index is 13.3. The third-order valence-corrected chi connectivity index (χ3v) is 6.43. The number of H-pyrrole nitrogens is 1. The number of nitrogens with one attached hydrogen (secondary N) is 1. The van der Waals surface area contributed by atoms with Gasteiger partial charge in [-0.15, -0.1) is 5.10 Å². The van der Waals surface area contributed by atoms with Crippen molar-refractivity contribution in [1.29, 1.82) is 0 Å². The molecule has 32 heavy (non-hydrogen) atoms. The van der Waals surface area contributed by atoms with E-state index in [1.165, 1.54) is 12.1 Å². The summed E-state index contributed by atoms with van der Waals surface area (Å²) in [4.78, 5) is 18.7. The Labute approximate surface area is 184 Å². The molecule has 4 aromatic rings. The van der Waals surface area contributed by atoms with Crippen molar-refractivity contribution in [1.82, 2.24) is 30.1 Å². The molecule has 164 valence electrons. The first kappa shape index (κ1) is 20.5. The van der Waals surface area contributed by atoms with E-state index in [1.54, 1.807) is 16.8 Å². The predicted octanol–water partition coefficient (Wildman–Crippen LogP) is 3.50. The van der Waals surface area contributed by atoms with Crippen LogP contribution in [0, 0.1) is 19.7 Å². The molecule has 0 spiro atoms. The number of rotatable bonds is 5. The summed E-state index contributed by atoms with van der Waals surface area (Å²) in [5.41, 5.74) is 4.48. The molecule has 5 rings (SSSR count). The van der Waals surface area contributed by atoms with Crippen LogP contribution in [0.15, 0.2) is 47.3 Å². The van der Waals surface area contributed by atoms with Crippen LogP contribution in [0.3, 0.4) is 0 Å². The number of aromatic amines is 1. The number of hydrogen-bond donors (Lipinski definition) is 1. The monoisotopic (exact) mass is 432 g/mol. The van der Waals surface area contributed by atoms with Crippen molar-refractivity contribution >= 4 is 10.9 Å². The molecule has 1 aliphatic rings. The Bertz CT molecular complexity index is 1320. The molecule has 2 aromatic carbocycles. The lowest BCUT2D eigenvalue weighted by Gasteiger charge is -2.26. The fraction of sp³-hybridized carbons (Fsp3) is 0.333. The third kappa shape index (κ3) is 3.71. The SMILES string of the molecule is Cc1ccc2cc(C(c3nnnn3Cc3ccc(F)cc3)N3CCCC3)c(=O)[nH]c2c1C. The van der Waals surface area contributed by atoms with Gasteiger partial charge in [-0.2, -0.15) is 0 Å². The average Bonchev–Trinajstić information content (AvgIpc) is 3.47. The molecular formula is C24H25FN6O. The molecule has 8 heteroatoms. The Hall–Kier alpha value is -3.39. The standard InChI is InChI=1S/C24H25FN6O/c1-15-5-8-18-13-20(24(32)26-21(18)16(15)2)22(30-11-3-4-12-30)23-27-28-29-31(23)14-17-6-9-19(25)10-7-17/h5-10,13,22H,3-4,11-12,14H2,1-2H3,(H,26,32). The molecular weight excluding hydrogens is 407 g/mol. The van der Waals surface area contributed by atoms with Crippen LogP contribution in [0.1, 0.15) is 47.0 Å². The Morgan fingerprint density at radius 2 is 1.84 bits per heavy atom. The normalized spacial score (nSPS) is 15.5. The summed E-state index contributed by atoms with van der Waals surface area (Å²) in [5.74, 6) is 0.332. The summed E-state index contributed by atoms with van der Waals surface area (Å²) in [5, 5.41) is 13.4. The fourth-order valence-electron chi connectivity index (χ4n) is 4.53. The number of fused-ring (bicyclic) bond motifs is 1. The van der Waals surface area contributed by atoms with Gasteiger partial charge in [0.05, 0.1) is 12.1 Å². The summed E-state index contributed by atoms with van der Waals surface area (Å²) < 4.78 is 15.0. The van der Waals surface area contributed by atoms with E-state index in [0.29, 0.717) is 17.9 Å². The van der Waals surface area contributed by atoms with Crippen molar-refractivity contribution in [2.24, 2.45) is 0 Å². The molecule has 2 aromatic heterocycles. The summed E-state index contributed by atoms with van der Waals surface area (Å²) in [6, 6.07) is 12.0. The van der Waals surface area contributed by atoms with E-state index in [9.17, 15) is 9.18 Å². The number of benzene rings is 2. The lowest BCUT2D eigenvalue weighted by Crippen LogP contribution is -2.33. The second-order valence-electron chi connectivity index (χ2n) is 8.49. The number of hydrogen-bond acceptors (Lipinski definition) is 5. The zero-order valence-electron chi connectivity index (χ0n) is 18.2. The lowest BCUT2D eigenvalue weighted by atomic mass is 10.0. The van der Waals surface area contributed by atoms with Crippen LogP contribution in [0.5, 0.6) is 0 Å². The summed E-state index contributed by atoms with van der Waals surface area (Å²) in [6.45, 7) is 6.21. The van der Waals surface area contributed by atoms with Crippen LogP contribution >= 0.6 is 0 Å². The Morgan fingerprint density at radius 1 is 1.09 bits per heavy atom. The smallest absolute Gasteiger partial charge is 0.253 e. The Balaban J connectivity index is 1.62. The van der Waals surface area contributed by atoms with Crippen molar-refractivity contribution in [2.45, 2.75) is 39.3 Å². The zero-order chi connectivity index (χ0) is 22.2. The van der Waals surface area contributed by atoms with Crippen LogP contribution in [-0.2, 0) is 6.54 Å².